The molecule has 0 unspecified atom stereocenters. The molecular weight excluding hydrogens is 211 g/mol. The van der Waals surface area contributed by atoms with Crippen LogP contribution in [0.25, 0.3) is 0 Å². The Morgan fingerprint density at radius 2 is 2.31 bits per heavy atom. The molecule has 1 rings (SSSR count). The van der Waals surface area contributed by atoms with Crippen molar-refractivity contribution < 1.29 is 13.9 Å². The van der Waals surface area contributed by atoms with Crippen molar-refractivity contribution in [3.63, 3.8) is 0 Å². The van der Waals surface area contributed by atoms with E-state index in [-0.39, 0.29) is 18.1 Å². The van der Waals surface area contributed by atoms with Gasteiger partial charge in [0.2, 0.25) is 5.91 Å². The lowest BCUT2D eigenvalue weighted by molar-refractivity contribution is -0.117. The summed E-state index contributed by atoms with van der Waals surface area (Å²) in [6.07, 6.45) is 0.633. The molecule has 0 aliphatic rings. The normalized spacial score (nSPS) is 10.1. The van der Waals surface area contributed by atoms with Crippen molar-refractivity contribution in [2.45, 2.75) is 6.42 Å². The molecule has 0 fully saturated rings. The molecule has 0 aromatic heterocycles. The average molecular weight is 226 g/mol. The van der Waals surface area contributed by atoms with E-state index >= 15 is 0 Å². The van der Waals surface area contributed by atoms with E-state index in [2.05, 4.69) is 5.32 Å². The predicted octanol–water partition coefficient (Wildman–Crippen LogP) is 0.452. The van der Waals surface area contributed by atoms with Crippen molar-refractivity contribution in [2.24, 2.45) is 5.73 Å². The molecule has 0 aliphatic carbocycles. The number of primary amides is 1. The van der Waals surface area contributed by atoms with Crippen molar-refractivity contribution in [2.75, 3.05) is 20.2 Å². The van der Waals surface area contributed by atoms with Crippen LogP contribution in [0.3, 0.4) is 0 Å². The van der Waals surface area contributed by atoms with Crippen molar-refractivity contribution in [1.82, 2.24) is 5.32 Å². The number of hydrogen-bond donors (Lipinski definition) is 2. The summed E-state index contributed by atoms with van der Waals surface area (Å²) in [6, 6.07) is 4.79. The molecule has 0 radical (unpaired) electrons. The number of ether oxygens (including phenoxy) is 1. The summed E-state index contributed by atoms with van der Waals surface area (Å²) in [7, 11) is 1.42. The first-order chi connectivity index (χ1) is 7.63. The summed E-state index contributed by atoms with van der Waals surface area (Å²) >= 11 is 0. The van der Waals surface area contributed by atoms with Gasteiger partial charge in [-0.25, -0.2) is 4.39 Å². The van der Waals surface area contributed by atoms with Crippen LogP contribution < -0.4 is 15.8 Å². The van der Waals surface area contributed by atoms with Crippen LogP contribution >= 0.6 is 0 Å². The van der Waals surface area contributed by atoms with Crippen LogP contribution in [0.5, 0.6) is 5.75 Å². The summed E-state index contributed by atoms with van der Waals surface area (Å²) in [6.45, 7) is 0.716. The van der Waals surface area contributed by atoms with Crippen LogP contribution in [0.4, 0.5) is 4.39 Å². The highest BCUT2D eigenvalue weighted by molar-refractivity contribution is 5.75. The Bertz CT molecular complexity index is 369. The topological polar surface area (TPSA) is 64.3 Å². The summed E-state index contributed by atoms with van der Waals surface area (Å²) in [4.78, 5) is 10.4. The van der Waals surface area contributed by atoms with Crippen LogP contribution in [-0.2, 0) is 11.2 Å². The molecule has 1 aromatic carbocycles. The minimum atomic E-state index is -0.402. The van der Waals surface area contributed by atoms with Crippen LogP contribution in [0.1, 0.15) is 5.56 Å². The number of rotatable bonds is 6. The maximum atomic E-state index is 13.3. The van der Waals surface area contributed by atoms with E-state index in [0.29, 0.717) is 13.0 Å². The molecule has 0 aliphatic heterocycles. The van der Waals surface area contributed by atoms with Crippen LogP contribution in [-0.4, -0.2) is 26.1 Å². The summed E-state index contributed by atoms with van der Waals surface area (Å²) < 4.78 is 18.1. The second-order valence-electron chi connectivity index (χ2n) is 3.36. The highest BCUT2D eigenvalue weighted by atomic mass is 19.1. The van der Waals surface area contributed by atoms with E-state index in [1.807, 2.05) is 0 Å². The minimum Gasteiger partial charge on any atom is -0.494 e. The van der Waals surface area contributed by atoms with E-state index in [9.17, 15) is 9.18 Å². The standard InChI is InChI=1S/C11H15FN2O2/c1-16-10-3-2-8(6-9(10)12)4-5-14-7-11(13)15/h2-3,6,14H,4-5,7H2,1H3,(H2,13,15). The first kappa shape index (κ1) is 12.4. The zero-order valence-corrected chi connectivity index (χ0v) is 9.13. The molecule has 1 aromatic rings. The van der Waals surface area contributed by atoms with Gasteiger partial charge in [-0.05, 0) is 30.7 Å². The van der Waals surface area contributed by atoms with Gasteiger partial charge < -0.3 is 15.8 Å². The number of halogens is 1. The molecular formula is C11H15FN2O2. The summed E-state index contributed by atoms with van der Waals surface area (Å²) in [5.41, 5.74) is 5.80. The van der Waals surface area contributed by atoms with E-state index in [0.717, 1.165) is 5.56 Å². The molecule has 3 N–H and O–H groups in total. The van der Waals surface area contributed by atoms with E-state index in [1.165, 1.54) is 13.2 Å². The minimum absolute atomic E-state index is 0.138. The van der Waals surface area contributed by atoms with E-state index in [4.69, 9.17) is 10.5 Å². The van der Waals surface area contributed by atoms with Gasteiger partial charge in [-0.15, -0.1) is 0 Å². The van der Waals surface area contributed by atoms with Gasteiger partial charge in [0.15, 0.2) is 11.6 Å². The highest BCUT2D eigenvalue weighted by Gasteiger charge is 2.03. The van der Waals surface area contributed by atoms with Gasteiger partial charge in [-0.1, -0.05) is 6.07 Å². The monoisotopic (exact) mass is 226 g/mol. The number of hydrogen-bond acceptors (Lipinski definition) is 3. The first-order valence-corrected chi connectivity index (χ1v) is 4.95. The fourth-order valence-corrected chi connectivity index (χ4v) is 1.31. The van der Waals surface area contributed by atoms with Crippen molar-refractivity contribution >= 4 is 5.91 Å². The van der Waals surface area contributed by atoms with Crippen molar-refractivity contribution in [3.05, 3.63) is 29.6 Å². The Hall–Kier alpha value is -1.62. The summed E-state index contributed by atoms with van der Waals surface area (Å²) in [5, 5.41) is 2.85. The molecule has 88 valence electrons. The Morgan fingerprint density at radius 3 is 2.88 bits per heavy atom. The molecule has 5 heteroatoms. The number of carbonyl (C=O) groups excluding carboxylic acids is 1. The second kappa shape index (κ2) is 6.07. The SMILES string of the molecule is COc1ccc(CCNCC(N)=O)cc1F. The number of benzene rings is 1. The van der Waals surface area contributed by atoms with Gasteiger partial charge in [0.05, 0.1) is 13.7 Å². The van der Waals surface area contributed by atoms with Gasteiger partial charge in [-0.2, -0.15) is 0 Å². The van der Waals surface area contributed by atoms with Gasteiger partial charge in [0, 0.05) is 0 Å². The fraction of sp³-hybridized carbons (Fsp3) is 0.364. The molecule has 0 saturated carbocycles. The number of methoxy groups -OCH3 is 1. The van der Waals surface area contributed by atoms with Crippen molar-refractivity contribution in [3.8, 4) is 5.75 Å². The third-order valence-electron chi connectivity index (χ3n) is 2.11. The van der Waals surface area contributed by atoms with Crippen LogP contribution in [0.2, 0.25) is 0 Å². The zero-order chi connectivity index (χ0) is 12.0. The number of nitrogens with two attached hydrogens (primary N) is 1. The van der Waals surface area contributed by atoms with Gasteiger partial charge in [0.1, 0.15) is 0 Å². The second-order valence-corrected chi connectivity index (χ2v) is 3.36. The Balaban J connectivity index is 2.43. The smallest absolute Gasteiger partial charge is 0.231 e. The molecule has 1 amide bonds. The van der Waals surface area contributed by atoms with Gasteiger partial charge in [-0.3, -0.25) is 4.79 Å². The Morgan fingerprint density at radius 1 is 1.56 bits per heavy atom. The Labute approximate surface area is 93.6 Å². The van der Waals surface area contributed by atoms with Gasteiger partial charge in [0.25, 0.3) is 0 Å². The zero-order valence-electron chi connectivity index (χ0n) is 9.13. The van der Waals surface area contributed by atoms with Crippen molar-refractivity contribution in [1.29, 1.82) is 0 Å². The number of carbonyl (C=O) groups is 1. The Kier molecular flexibility index (Phi) is 4.72. The highest BCUT2D eigenvalue weighted by Crippen LogP contribution is 2.17. The van der Waals surface area contributed by atoms with Crippen LogP contribution in [0, 0.1) is 5.82 Å². The van der Waals surface area contributed by atoms with E-state index < -0.39 is 5.91 Å². The first-order valence-electron chi connectivity index (χ1n) is 4.95. The third-order valence-corrected chi connectivity index (χ3v) is 2.11. The van der Waals surface area contributed by atoms with Gasteiger partial charge >= 0.3 is 0 Å². The largest absolute Gasteiger partial charge is 0.494 e. The average Bonchev–Trinajstić information content (AvgIpc) is 2.24. The molecule has 0 bridgehead atoms. The summed E-state index contributed by atoms with van der Waals surface area (Å²) in [5.74, 6) is -0.551. The lowest BCUT2D eigenvalue weighted by atomic mass is 10.1. The molecule has 16 heavy (non-hydrogen) atoms. The molecule has 0 atom stereocenters. The maximum Gasteiger partial charge on any atom is 0.231 e. The van der Waals surface area contributed by atoms with Crippen LogP contribution in [0.15, 0.2) is 18.2 Å². The lowest BCUT2D eigenvalue weighted by Gasteiger charge is -2.05. The maximum absolute atomic E-state index is 13.3. The fourth-order valence-electron chi connectivity index (χ4n) is 1.31. The molecule has 0 saturated heterocycles. The predicted molar refractivity (Wildman–Crippen MR) is 58.7 cm³/mol. The molecule has 0 heterocycles. The number of amides is 1. The molecule has 4 nitrogen and oxygen atoms in total. The van der Waals surface area contributed by atoms with E-state index in [1.54, 1.807) is 12.1 Å². The number of nitrogens with one attached hydrogen (secondary N) is 1. The third kappa shape index (κ3) is 3.86. The lowest BCUT2D eigenvalue weighted by Crippen LogP contribution is -2.29. The quantitative estimate of drug-likeness (QED) is 0.692. The molecule has 0 spiro atoms.